The fourth-order valence-electron chi connectivity index (χ4n) is 4.81. The number of ether oxygens (including phenoxy) is 7. The summed E-state index contributed by atoms with van der Waals surface area (Å²) < 4.78 is 38.0. The Hall–Kier alpha value is -3.55. The minimum Gasteiger partial charge on any atom is -0.481 e. The van der Waals surface area contributed by atoms with E-state index < -0.39 is 5.97 Å². The van der Waals surface area contributed by atoms with Crippen LogP contribution in [-0.2, 0) is 42.7 Å². The second-order valence-electron chi connectivity index (χ2n) is 10.6. The highest BCUT2D eigenvalue weighted by Crippen LogP contribution is 2.44. The number of unbranched alkanes of at least 4 members (excludes halogenated alkanes) is 1. The number of rotatable bonds is 25. The maximum absolute atomic E-state index is 12.6. The number of carbonyl (C=O) groups is 3. The molecule has 0 unspecified atom stereocenters. The van der Waals surface area contributed by atoms with Crippen molar-refractivity contribution < 1.29 is 52.6 Å². The molecule has 1 aliphatic rings. The van der Waals surface area contributed by atoms with Crippen molar-refractivity contribution >= 4 is 18.0 Å². The summed E-state index contributed by atoms with van der Waals surface area (Å²) in [6, 6.07) is 16.5. The first-order valence-electron chi connectivity index (χ1n) is 15.8. The topological polar surface area (TPSA) is 139 Å². The Kier molecular flexibility index (Phi) is 17.7. The van der Waals surface area contributed by atoms with E-state index in [-0.39, 0.29) is 50.6 Å². The summed E-state index contributed by atoms with van der Waals surface area (Å²) >= 11 is 0. The van der Waals surface area contributed by atoms with E-state index in [1.807, 2.05) is 24.3 Å². The lowest BCUT2D eigenvalue weighted by atomic mass is 9.98. The summed E-state index contributed by atoms with van der Waals surface area (Å²) in [6.07, 6.45) is 0.840. The first-order valence-corrected chi connectivity index (χ1v) is 15.8. The molecule has 0 aliphatic heterocycles. The van der Waals surface area contributed by atoms with Crippen LogP contribution in [0.1, 0.15) is 42.7 Å². The van der Waals surface area contributed by atoms with Gasteiger partial charge in [-0.05, 0) is 35.1 Å². The van der Waals surface area contributed by atoms with Gasteiger partial charge >= 0.3 is 18.0 Å². The number of likely N-dealkylation sites (N-methyl/N-ethyl adjacent to an activating group) is 1. The van der Waals surface area contributed by atoms with Crippen LogP contribution in [0.2, 0.25) is 0 Å². The lowest BCUT2D eigenvalue weighted by molar-refractivity contribution is -0.146. The van der Waals surface area contributed by atoms with Crippen LogP contribution in [0.3, 0.4) is 0 Å². The monoisotopic (exact) mass is 645 g/mol. The summed E-state index contributed by atoms with van der Waals surface area (Å²) in [5.41, 5.74) is 4.76. The fourth-order valence-corrected chi connectivity index (χ4v) is 4.81. The third-order valence-electron chi connectivity index (χ3n) is 7.22. The second kappa shape index (κ2) is 22.1. The highest BCUT2D eigenvalue weighted by molar-refractivity contribution is 5.79. The molecule has 0 aromatic heterocycles. The average molecular weight is 646 g/mol. The van der Waals surface area contributed by atoms with Crippen LogP contribution in [0.5, 0.6) is 0 Å². The van der Waals surface area contributed by atoms with E-state index in [1.165, 1.54) is 27.2 Å². The summed E-state index contributed by atoms with van der Waals surface area (Å²) in [7, 11) is 1.70. The van der Waals surface area contributed by atoms with Crippen molar-refractivity contribution in [1.29, 1.82) is 0 Å². The summed E-state index contributed by atoms with van der Waals surface area (Å²) in [5, 5.41) is 8.56. The molecule has 0 radical (unpaired) electrons. The number of carboxylic acids is 1. The first kappa shape index (κ1) is 36.9. The van der Waals surface area contributed by atoms with Crippen LogP contribution in [0, 0.1) is 0 Å². The number of aliphatic carboxylic acids is 1. The van der Waals surface area contributed by atoms with E-state index in [0.29, 0.717) is 78.8 Å². The molecular formula is C34H47NO11. The molecule has 1 amide bonds. The van der Waals surface area contributed by atoms with E-state index in [1.54, 1.807) is 7.05 Å². The lowest BCUT2D eigenvalue weighted by Crippen LogP contribution is -2.32. The van der Waals surface area contributed by atoms with Crippen molar-refractivity contribution in [2.24, 2.45) is 0 Å². The molecule has 46 heavy (non-hydrogen) atoms. The van der Waals surface area contributed by atoms with Gasteiger partial charge in [0.15, 0.2) is 0 Å². The van der Waals surface area contributed by atoms with Gasteiger partial charge in [0.05, 0.1) is 66.1 Å². The molecule has 0 saturated heterocycles. The predicted molar refractivity (Wildman–Crippen MR) is 169 cm³/mol. The van der Waals surface area contributed by atoms with Crippen LogP contribution < -0.4 is 0 Å². The van der Waals surface area contributed by atoms with Gasteiger partial charge in [-0.1, -0.05) is 48.5 Å². The molecule has 12 nitrogen and oxygen atoms in total. The lowest BCUT2D eigenvalue weighted by Gasteiger charge is -2.19. The van der Waals surface area contributed by atoms with Crippen molar-refractivity contribution in [1.82, 2.24) is 4.90 Å². The summed E-state index contributed by atoms with van der Waals surface area (Å²) in [4.78, 5) is 36.0. The van der Waals surface area contributed by atoms with E-state index in [9.17, 15) is 14.4 Å². The number of carboxylic acid groups (broad SMARTS) is 1. The van der Waals surface area contributed by atoms with Crippen molar-refractivity contribution in [3.05, 3.63) is 59.7 Å². The minimum absolute atomic E-state index is 0.0301. The second-order valence-corrected chi connectivity index (χ2v) is 10.6. The van der Waals surface area contributed by atoms with Gasteiger partial charge < -0.3 is 43.2 Å². The molecular weight excluding hydrogens is 598 g/mol. The number of hydrogen-bond acceptors (Lipinski definition) is 10. The van der Waals surface area contributed by atoms with E-state index in [4.69, 9.17) is 38.3 Å². The number of hydrogen-bond donors (Lipinski definition) is 1. The van der Waals surface area contributed by atoms with Crippen LogP contribution in [-0.4, -0.2) is 121 Å². The Morgan fingerprint density at radius 2 is 1.09 bits per heavy atom. The molecule has 12 heteroatoms. The number of amides is 1. The average Bonchev–Trinajstić information content (AvgIpc) is 3.38. The molecule has 0 heterocycles. The maximum atomic E-state index is 12.6. The zero-order valence-electron chi connectivity index (χ0n) is 26.7. The first-order chi connectivity index (χ1) is 22.5. The molecule has 0 saturated carbocycles. The number of esters is 1. The van der Waals surface area contributed by atoms with Crippen LogP contribution in [0.25, 0.3) is 11.1 Å². The molecule has 2 aromatic carbocycles. The van der Waals surface area contributed by atoms with Gasteiger partial charge in [-0.2, -0.15) is 0 Å². The fraction of sp³-hybridized carbons (Fsp3) is 0.559. The Bertz CT molecular complexity index is 1150. The Morgan fingerprint density at radius 1 is 0.630 bits per heavy atom. The normalized spacial score (nSPS) is 12.0. The van der Waals surface area contributed by atoms with Gasteiger partial charge in [0.25, 0.3) is 0 Å². The summed E-state index contributed by atoms with van der Waals surface area (Å²) in [6.45, 7) is 4.85. The number of fused-ring (bicyclic) bond motifs is 3. The van der Waals surface area contributed by atoms with Crippen LogP contribution >= 0.6 is 0 Å². The molecule has 1 aliphatic carbocycles. The van der Waals surface area contributed by atoms with Crippen LogP contribution in [0.15, 0.2) is 48.5 Å². The Balaban J connectivity index is 1.06. The minimum atomic E-state index is -0.866. The zero-order valence-corrected chi connectivity index (χ0v) is 26.7. The SMILES string of the molecule is CN(CCOCCOCCOCCOCCOCCOC(=O)CCCCC(=O)O)C(=O)OCC1c2ccccc2-c2ccccc21. The van der Waals surface area contributed by atoms with Crippen molar-refractivity contribution in [3.8, 4) is 11.1 Å². The van der Waals surface area contributed by atoms with E-state index in [2.05, 4.69) is 24.3 Å². The number of benzene rings is 2. The third kappa shape index (κ3) is 13.8. The zero-order chi connectivity index (χ0) is 32.8. The van der Waals surface area contributed by atoms with Crippen molar-refractivity contribution in [2.75, 3.05) is 92.9 Å². The van der Waals surface area contributed by atoms with E-state index in [0.717, 1.165) is 0 Å². The maximum Gasteiger partial charge on any atom is 0.409 e. The molecule has 1 N–H and O–H groups in total. The molecule has 3 rings (SSSR count). The standard InChI is InChI=1S/C34H47NO11/c1-35(34(39)46-26-31-29-10-4-2-8-27(29)28-9-3-5-11-30(28)31)14-15-40-16-17-41-18-19-42-20-21-43-22-23-44-24-25-45-33(38)13-7-6-12-32(36)37/h2-5,8-11,31H,6-7,12-26H2,1H3,(H,36,37). The Morgan fingerprint density at radius 3 is 1.61 bits per heavy atom. The van der Waals surface area contributed by atoms with Crippen LogP contribution in [0.4, 0.5) is 4.79 Å². The van der Waals surface area contributed by atoms with Gasteiger partial charge in [0, 0.05) is 32.4 Å². The van der Waals surface area contributed by atoms with Gasteiger partial charge in [0.1, 0.15) is 13.2 Å². The van der Waals surface area contributed by atoms with E-state index >= 15 is 0 Å². The van der Waals surface area contributed by atoms with Gasteiger partial charge in [-0.15, -0.1) is 0 Å². The molecule has 0 atom stereocenters. The Labute approximate surface area is 270 Å². The highest BCUT2D eigenvalue weighted by atomic mass is 16.6. The quantitative estimate of drug-likeness (QED) is 0.123. The molecule has 0 fully saturated rings. The largest absolute Gasteiger partial charge is 0.481 e. The van der Waals surface area contributed by atoms with Gasteiger partial charge in [-0.3, -0.25) is 9.59 Å². The number of nitrogens with zero attached hydrogens (tertiary/aromatic N) is 1. The van der Waals surface area contributed by atoms with Crippen molar-refractivity contribution in [3.63, 3.8) is 0 Å². The number of carbonyl (C=O) groups excluding carboxylic acids is 2. The summed E-state index contributed by atoms with van der Waals surface area (Å²) in [5.74, 6) is -1.19. The van der Waals surface area contributed by atoms with Gasteiger partial charge in [-0.25, -0.2) is 4.79 Å². The third-order valence-corrected chi connectivity index (χ3v) is 7.22. The van der Waals surface area contributed by atoms with Crippen molar-refractivity contribution in [2.45, 2.75) is 31.6 Å². The smallest absolute Gasteiger partial charge is 0.409 e. The molecule has 0 spiro atoms. The highest BCUT2D eigenvalue weighted by Gasteiger charge is 2.29. The molecule has 0 bridgehead atoms. The molecule has 2 aromatic rings. The molecule has 254 valence electrons. The van der Waals surface area contributed by atoms with Gasteiger partial charge in [0.2, 0.25) is 0 Å². The predicted octanol–water partition coefficient (Wildman–Crippen LogP) is 4.14.